The number of hydrogen-bond acceptors (Lipinski definition) is 9. The number of likely N-dealkylation sites (tertiary alicyclic amines) is 1. The minimum Gasteiger partial charge on any atom is -0.467 e. The molecule has 2 aliphatic heterocycles. The van der Waals surface area contributed by atoms with E-state index in [1.54, 1.807) is 45.6 Å². The molecule has 13 heteroatoms. The monoisotopic (exact) mass is 642 g/mol. The second-order valence-electron chi connectivity index (χ2n) is 12.6. The lowest BCUT2D eigenvalue weighted by molar-refractivity contribution is -0.152. The molecular weight excluding hydrogens is 596 g/mol. The molecule has 4 unspecified atom stereocenters. The number of fused-ring (bicyclic) bond motifs is 1. The number of alkyl carbamates (subject to hydrolysis) is 1. The van der Waals surface area contributed by atoms with Gasteiger partial charge in [-0.2, -0.15) is 0 Å². The first-order valence-electron chi connectivity index (χ1n) is 15.2. The maximum absolute atomic E-state index is 13.9. The third kappa shape index (κ3) is 9.32. The van der Waals surface area contributed by atoms with Gasteiger partial charge in [0.05, 0.1) is 33.4 Å². The summed E-state index contributed by atoms with van der Waals surface area (Å²) in [6, 6.07) is 2.44. The number of carbonyl (C=O) groups excluding carboxylic acids is 5. The Bertz CT molecular complexity index is 1320. The van der Waals surface area contributed by atoms with E-state index in [2.05, 4.69) is 23.8 Å². The molecule has 2 heterocycles. The number of ether oxygens (including phenoxy) is 4. The van der Waals surface area contributed by atoms with Crippen LogP contribution in [0.5, 0.6) is 0 Å². The first-order chi connectivity index (χ1) is 21.7. The Morgan fingerprint density at radius 1 is 1.09 bits per heavy atom. The zero-order chi connectivity index (χ0) is 34.2. The molecule has 46 heavy (non-hydrogen) atoms. The summed E-state index contributed by atoms with van der Waals surface area (Å²) in [5.74, 6) is -2.35. The maximum atomic E-state index is 13.9. The van der Waals surface area contributed by atoms with Crippen molar-refractivity contribution in [3.63, 3.8) is 0 Å². The average molecular weight is 643 g/mol. The van der Waals surface area contributed by atoms with E-state index < -0.39 is 65.7 Å². The third-order valence-corrected chi connectivity index (χ3v) is 7.54. The molecule has 0 aliphatic carbocycles. The van der Waals surface area contributed by atoms with E-state index in [0.29, 0.717) is 13.1 Å². The number of carbonyl (C=O) groups is 5. The minimum atomic E-state index is -1.20. The normalized spacial score (nSPS) is 18.7. The van der Waals surface area contributed by atoms with Gasteiger partial charge in [-0.25, -0.2) is 14.4 Å². The van der Waals surface area contributed by atoms with Crippen LogP contribution >= 0.6 is 0 Å². The molecule has 1 aromatic carbocycles. The van der Waals surface area contributed by atoms with Crippen LogP contribution in [0, 0.1) is 5.92 Å². The summed E-state index contributed by atoms with van der Waals surface area (Å²) in [6.07, 6.45) is 1.06. The van der Waals surface area contributed by atoms with Crippen LogP contribution in [0.3, 0.4) is 0 Å². The van der Waals surface area contributed by atoms with E-state index in [-0.39, 0.29) is 26.2 Å². The van der Waals surface area contributed by atoms with Crippen molar-refractivity contribution in [1.29, 1.82) is 0 Å². The number of benzene rings is 1. The summed E-state index contributed by atoms with van der Waals surface area (Å²) < 4.78 is 21.5. The molecule has 2 N–H and O–H groups in total. The van der Waals surface area contributed by atoms with E-state index in [4.69, 9.17) is 18.9 Å². The summed E-state index contributed by atoms with van der Waals surface area (Å²) in [5.41, 5.74) is 2.12. The van der Waals surface area contributed by atoms with Gasteiger partial charge in [0.2, 0.25) is 11.8 Å². The number of rotatable bonds is 12. The Kier molecular flexibility index (Phi) is 12.4. The molecule has 0 aromatic heterocycles. The molecule has 2 aliphatic rings. The first kappa shape index (κ1) is 36.1. The Morgan fingerprint density at radius 3 is 2.41 bits per heavy atom. The topological polar surface area (TPSA) is 153 Å². The van der Waals surface area contributed by atoms with Gasteiger partial charge in [0.15, 0.2) is 0 Å². The predicted molar refractivity (Wildman–Crippen MR) is 169 cm³/mol. The Labute approximate surface area is 270 Å². The minimum absolute atomic E-state index is 0.0276. The van der Waals surface area contributed by atoms with E-state index in [1.165, 1.54) is 18.1 Å². The number of nitrogens with zero attached hydrogens (tertiary/aromatic N) is 2. The summed E-state index contributed by atoms with van der Waals surface area (Å²) in [5, 5.41) is 5.20. The Balaban J connectivity index is 1.73. The van der Waals surface area contributed by atoms with Gasteiger partial charge in [0.25, 0.3) is 0 Å². The number of esters is 1. The summed E-state index contributed by atoms with van der Waals surface area (Å²) in [6.45, 7) is 16.5. The molecule has 0 saturated carbocycles. The SMILES string of the molecule is C=CCOCC(NC(=O)OC(C)(C)C)C(=O)NC(C(=O)N1CC(OC(=O)N2Cc3cccc(C=C)c3C2)CC1C(=O)OC)C(C)C. The molecule has 252 valence electrons. The third-order valence-electron chi connectivity index (χ3n) is 7.54. The van der Waals surface area contributed by atoms with Crippen molar-refractivity contribution >= 4 is 36.0 Å². The molecule has 1 fully saturated rings. The molecule has 0 spiro atoms. The van der Waals surface area contributed by atoms with E-state index >= 15 is 0 Å². The van der Waals surface area contributed by atoms with Gasteiger partial charge in [-0.1, -0.05) is 50.8 Å². The van der Waals surface area contributed by atoms with Crippen LogP contribution in [-0.4, -0.2) is 96.5 Å². The molecule has 0 radical (unpaired) electrons. The number of amides is 4. The first-order valence-corrected chi connectivity index (χ1v) is 15.2. The second-order valence-corrected chi connectivity index (χ2v) is 12.6. The molecule has 13 nitrogen and oxygen atoms in total. The quantitative estimate of drug-likeness (QED) is 0.152. The van der Waals surface area contributed by atoms with Crippen molar-refractivity contribution in [3.05, 3.63) is 54.1 Å². The zero-order valence-corrected chi connectivity index (χ0v) is 27.5. The van der Waals surface area contributed by atoms with E-state index in [1.807, 2.05) is 18.2 Å². The van der Waals surface area contributed by atoms with Crippen LogP contribution in [0.4, 0.5) is 9.59 Å². The highest BCUT2D eigenvalue weighted by Crippen LogP contribution is 2.29. The number of methoxy groups -OCH3 is 1. The van der Waals surface area contributed by atoms with Crippen LogP contribution in [0.2, 0.25) is 0 Å². The van der Waals surface area contributed by atoms with E-state index in [9.17, 15) is 24.0 Å². The van der Waals surface area contributed by atoms with Crippen molar-refractivity contribution in [3.8, 4) is 0 Å². The van der Waals surface area contributed by atoms with Crippen molar-refractivity contribution in [2.24, 2.45) is 5.92 Å². The average Bonchev–Trinajstić information content (AvgIpc) is 3.62. The van der Waals surface area contributed by atoms with Crippen molar-refractivity contribution in [2.45, 2.75) is 84.0 Å². The lowest BCUT2D eigenvalue weighted by Crippen LogP contribution is -2.58. The summed E-state index contributed by atoms with van der Waals surface area (Å²) >= 11 is 0. The van der Waals surface area contributed by atoms with E-state index in [0.717, 1.165) is 16.7 Å². The largest absolute Gasteiger partial charge is 0.467 e. The molecule has 1 aromatic rings. The maximum Gasteiger partial charge on any atom is 0.410 e. The van der Waals surface area contributed by atoms with Gasteiger partial charge >= 0.3 is 18.2 Å². The molecule has 4 amide bonds. The van der Waals surface area contributed by atoms with Gasteiger partial charge < -0.3 is 34.5 Å². The summed E-state index contributed by atoms with van der Waals surface area (Å²) in [7, 11) is 1.21. The highest BCUT2D eigenvalue weighted by atomic mass is 16.6. The van der Waals surface area contributed by atoms with Gasteiger partial charge in [0, 0.05) is 13.0 Å². The fraction of sp³-hybridized carbons (Fsp3) is 0.545. The lowest BCUT2D eigenvalue weighted by atomic mass is 10.0. The lowest BCUT2D eigenvalue weighted by Gasteiger charge is -2.31. The van der Waals surface area contributed by atoms with Crippen LogP contribution in [0.25, 0.3) is 6.08 Å². The zero-order valence-electron chi connectivity index (χ0n) is 27.5. The second kappa shape index (κ2) is 15.7. The van der Waals surface area contributed by atoms with Crippen LogP contribution in [0.1, 0.15) is 57.7 Å². The standard InChI is InChI=1S/C33H46N4O9/c1-9-14-44-19-25(34-31(41)46-33(5,6)7)28(38)35-27(20(3)4)29(39)37-17-23(15-26(37)30(40)43-8)45-32(42)36-16-22-13-11-12-21(10-2)24(22)18-36/h9-13,20,23,25-27H,1-2,14-19H2,3-8H3,(H,34,41)(H,35,38). The fourth-order valence-electron chi connectivity index (χ4n) is 5.32. The van der Waals surface area contributed by atoms with Crippen LogP contribution in [-0.2, 0) is 46.4 Å². The van der Waals surface area contributed by atoms with Gasteiger partial charge in [-0.05, 0) is 43.4 Å². The van der Waals surface area contributed by atoms with Crippen LogP contribution < -0.4 is 10.6 Å². The van der Waals surface area contributed by atoms with Gasteiger partial charge in [-0.3, -0.25) is 14.5 Å². The summed E-state index contributed by atoms with van der Waals surface area (Å²) in [4.78, 5) is 68.6. The van der Waals surface area contributed by atoms with Gasteiger partial charge in [-0.15, -0.1) is 6.58 Å². The van der Waals surface area contributed by atoms with Crippen LogP contribution in [0.15, 0.2) is 37.4 Å². The van der Waals surface area contributed by atoms with Crippen molar-refractivity contribution in [2.75, 3.05) is 26.9 Å². The number of nitrogens with one attached hydrogen (secondary N) is 2. The fourth-order valence-corrected chi connectivity index (χ4v) is 5.32. The predicted octanol–water partition coefficient (Wildman–Crippen LogP) is 3.16. The van der Waals surface area contributed by atoms with Crippen molar-refractivity contribution in [1.82, 2.24) is 20.4 Å². The molecular formula is C33H46N4O9. The molecule has 3 rings (SSSR count). The molecule has 1 saturated heterocycles. The molecule has 0 bridgehead atoms. The Hall–Kier alpha value is -4.39. The Morgan fingerprint density at radius 2 is 1.80 bits per heavy atom. The van der Waals surface area contributed by atoms with Gasteiger partial charge in [0.1, 0.15) is 29.8 Å². The molecule has 4 atom stereocenters. The highest BCUT2D eigenvalue weighted by molar-refractivity contribution is 5.93. The highest BCUT2D eigenvalue weighted by Gasteiger charge is 2.45. The number of hydrogen-bond donors (Lipinski definition) is 2. The smallest absolute Gasteiger partial charge is 0.410 e. The van der Waals surface area contributed by atoms with Crippen molar-refractivity contribution < 1.29 is 42.9 Å².